The topological polar surface area (TPSA) is 25.2 Å². The minimum Gasteiger partial charge on any atom is -0.456 e. The molecule has 1 heterocycles. The molecule has 0 aliphatic heterocycles. The van der Waals surface area contributed by atoms with Crippen LogP contribution in [0.4, 0.5) is 5.69 Å². The van der Waals surface area contributed by atoms with Gasteiger partial charge in [-0.05, 0) is 98.5 Å². The molecule has 0 fully saturated rings. The highest BCUT2D eigenvalue weighted by Crippen LogP contribution is 2.53. The van der Waals surface area contributed by atoms with Crippen LogP contribution in [0.5, 0.6) is 0 Å². The van der Waals surface area contributed by atoms with Gasteiger partial charge in [0.25, 0.3) is 0 Å². The molecule has 0 spiro atoms. The molecule has 2 nitrogen and oxygen atoms in total. The number of hydrogen-bond donors (Lipinski definition) is 1. The quantitative estimate of drug-likeness (QED) is 0.239. The van der Waals surface area contributed by atoms with Gasteiger partial charge < -0.3 is 9.73 Å². The first-order valence-corrected chi connectivity index (χ1v) is 14.0. The normalized spacial score (nSPS) is 14.6. The highest BCUT2D eigenvalue weighted by atomic mass is 16.3. The summed E-state index contributed by atoms with van der Waals surface area (Å²) < 4.78 is 6.51. The van der Waals surface area contributed by atoms with Gasteiger partial charge >= 0.3 is 0 Å². The van der Waals surface area contributed by atoms with Crippen molar-refractivity contribution in [1.29, 1.82) is 0 Å². The zero-order valence-corrected chi connectivity index (χ0v) is 22.1. The summed E-state index contributed by atoms with van der Waals surface area (Å²) in [4.78, 5) is 0. The number of rotatable bonds is 3. The molecule has 3 aliphatic rings. The van der Waals surface area contributed by atoms with Crippen LogP contribution in [-0.4, -0.2) is 7.05 Å². The molecule has 9 rings (SSSR count). The van der Waals surface area contributed by atoms with Crippen LogP contribution in [0, 0.1) is 0 Å². The Hall–Kier alpha value is -5.04. The molecule has 6 aromatic rings. The average molecular weight is 512 g/mol. The van der Waals surface area contributed by atoms with Crippen molar-refractivity contribution in [3.63, 3.8) is 0 Å². The molecule has 0 saturated heterocycles. The summed E-state index contributed by atoms with van der Waals surface area (Å²) in [5.41, 5.74) is 19.3. The van der Waals surface area contributed by atoms with Crippen molar-refractivity contribution in [2.45, 2.75) is 12.8 Å². The number of fused-ring (bicyclic) bond motifs is 7. The Kier molecular flexibility index (Phi) is 4.36. The van der Waals surface area contributed by atoms with E-state index in [0.717, 1.165) is 29.7 Å². The highest BCUT2D eigenvalue weighted by molar-refractivity contribution is 6.30. The van der Waals surface area contributed by atoms with Crippen LogP contribution in [-0.2, 0) is 6.42 Å². The number of allylic oxidation sites excluding steroid dienone is 4. The number of hydrogen-bond acceptors (Lipinski definition) is 2. The summed E-state index contributed by atoms with van der Waals surface area (Å²) in [5.74, 6) is 0. The predicted octanol–water partition coefficient (Wildman–Crippen LogP) is 10.0. The zero-order valence-electron chi connectivity index (χ0n) is 22.1. The Bertz CT molecular complexity index is 2220. The fourth-order valence-corrected chi connectivity index (χ4v) is 7.22. The first kappa shape index (κ1) is 21.8. The van der Waals surface area contributed by atoms with Crippen molar-refractivity contribution in [2.75, 3.05) is 12.4 Å². The van der Waals surface area contributed by atoms with Crippen LogP contribution >= 0.6 is 0 Å². The predicted molar refractivity (Wildman–Crippen MR) is 168 cm³/mol. The Morgan fingerprint density at radius 3 is 2.45 bits per heavy atom. The number of anilines is 1. The molecule has 0 unspecified atom stereocenters. The molecule has 2 heteroatoms. The van der Waals surface area contributed by atoms with E-state index in [0.29, 0.717) is 0 Å². The molecule has 0 amide bonds. The molecule has 5 aromatic carbocycles. The minimum absolute atomic E-state index is 0.934. The largest absolute Gasteiger partial charge is 0.456 e. The van der Waals surface area contributed by atoms with Crippen LogP contribution in [0.1, 0.15) is 28.7 Å². The van der Waals surface area contributed by atoms with Gasteiger partial charge in [0, 0.05) is 34.6 Å². The van der Waals surface area contributed by atoms with E-state index in [1.807, 2.05) is 7.05 Å². The third-order valence-electron chi connectivity index (χ3n) is 8.89. The standard InChI is InChI=1S/C38H25NO/c1-39-32-20-30(24-12-5-6-13-26(24)35(32)22-10-3-2-4-11-22)25-18-19-28-23-15-9-16-27(23)38-36(28)31(25)21-34-37(38)29-14-7-8-17-33(29)40-34/h2-4,6-8,10-11,13-21,39H,5,12H2,1H3. The molecule has 188 valence electrons. The molecular formula is C38H25NO. The molecule has 3 aliphatic carbocycles. The van der Waals surface area contributed by atoms with Crippen molar-refractivity contribution in [3.8, 4) is 22.3 Å². The van der Waals surface area contributed by atoms with E-state index in [2.05, 4.69) is 114 Å². The molecule has 1 aromatic heterocycles. The van der Waals surface area contributed by atoms with E-state index in [-0.39, 0.29) is 0 Å². The Balaban J connectivity index is 1.41. The van der Waals surface area contributed by atoms with Crippen molar-refractivity contribution in [1.82, 2.24) is 0 Å². The smallest absolute Gasteiger partial charge is 0.136 e. The van der Waals surface area contributed by atoms with Gasteiger partial charge in [-0.15, -0.1) is 5.73 Å². The maximum absolute atomic E-state index is 6.51. The fourth-order valence-electron chi connectivity index (χ4n) is 7.22. The van der Waals surface area contributed by atoms with E-state index in [4.69, 9.17) is 4.42 Å². The Morgan fingerprint density at radius 2 is 1.55 bits per heavy atom. The van der Waals surface area contributed by atoms with Gasteiger partial charge in [-0.25, -0.2) is 0 Å². The third kappa shape index (κ3) is 2.78. The third-order valence-corrected chi connectivity index (χ3v) is 8.89. The van der Waals surface area contributed by atoms with Crippen molar-refractivity contribution in [2.24, 2.45) is 0 Å². The summed E-state index contributed by atoms with van der Waals surface area (Å²) in [7, 11) is 2.03. The van der Waals surface area contributed by atoms with E-state index in [9.17, 15) is 0 Å². The lowest BCUT2D eigenvalue weighted by Crippen LogP contribution is -2.04. The number of para-hydroxylation sites is 1. The van der Waals surface area contributed by atoms with Gasteiger partial charge in [-0.2, -0.15) is 0 Å². The maximum Gasteiger partial charge on any atom is 0.136 e. The summed E-state index contributed by atoms with van der Waals surface area (Å²) >= 11 is 0. The number of furan rings is 1. The monoisotopic (exact) mass is 511 g/mol. The Morgan fingerprint density at radius 1 is 0.725 bits per heavy atom. The van der Waals surface area contributed by atoms with Crippen molar-refractivity contribution >= 4 is 55.6 Å². The summed E-state index contributed by atoms with van der Waals surface area (Å²) in [6, 6.07) is 28.5. The van der Waals surface area contributed by atoms with Gasteiger partial charge in [0.2, 0.25) is 0 Å². The first-order valence-electron chi connectivity index (χ1n) is 14.0. The van der Waals surface area contributed by atoms with Crippen LogP contribution in [0.25, 0.3) is 72.2 Å². The van der Waals surface area contributed by atoms with E-state index >= 15 is 0 Å². The van der Waals surface area contributed by atoms with Crippen LogP contribution in [0.2, 0.25) is 0 Å². The lowest BCUT2D eigenvalue weighted by atomic mass is 9.81. The van der Waals surface area contributed by atoms with E-state index in [1.54, 1.807) is 0 Å². The summed E-state index contributed by atoms with van der Waals surface area (Å²) in [6.45, 7) is 0. The second kappa shape index (κ2) is 7.99. The van der Waals surface area contributed by atoms with Crippen LogP contribution < -0.4 is 5.32 Å². The van der Waals surface area contributed by atoms with Gasteiger partial charge in [0.05, 0.1) is 0 Å². The SMILES string of the molecule is CNc1cc(-c2ccc3c4c(c5c(cc24)oc2ccccc25)C2=C3C=C=C2)c2c(c1-c1ccccc1)C=CCC2. The van der Waals surface area contributed by atoms with Crippen LogP contribution in [0.3, 0.4) is 0 Å². The maximum atomic E-state index is 6.51. The van der Waals surface area contributed by atoms with Gasteiger partial charge in [-0.1, -0.05) is 72.8 Å². The van der Waals surface area contributed by atoms with Crippen molar-refractivity contribution < 1.29 is 4.42 Å². The average Bonchev–Trinajstić information content (AvgIpc) is 3.71. The fraction of sp³-hybridized carbons (Fsp3) is 0.0789. The summed E-state index contributed by atoms with van der Waals surface area (Å²) in [6.07, 6.45) is 11.0. The molecular weight excluding hydrogens is 486 g/mol. The van der Waals surface area contributed by atoms with E-state index < -0.39 is 0 Å². The number of nitrogens with one attached hydrogen (secondary N) is 1. The zero-order chi connectivity index (χ0) is 26.4. The van der Waals surface area contributed by atoms with Gasteiger partial charge in [-0.3, -0.25) is 0 Å². The molecule has 40 heavy (non-hydrogen) atoms. The second-order valence-electron chi connectivity index (χ2n) is 10.9. The second-order valence-corrected chi connectivity index (χ2v) is 10.9. The summed E-state index contributed by atoms with van der Waals surface area (Å²) in [5, 5.41) is 8.50. The van der Waals surface area contributed by atoms with Crippen LogP contribution in [0.15, 0.2) is 107 Å². The molecule has 1 N–H and O–H groups in total. The molecule has 0 radical (unpaired) electrons. The minimum atomic E-state index is 0.934. The lowest BCUT2D eigenvalue weighted by molar-refractivity contribution is 0.669. The van der Waals surface area contributed by atoms with Gasteiger partial charge in [0.1, 0.15) is 11.2 Å². The number of benzene rings is 5. The van der Waals surface area contributed by atoms with E-state index in [1.165, 1.54) is 77.2 Å². The highest BCUT2D eigenvalue weighted by Gasteiger charge is 2.30. The molecule has 0 atom stereocenters. The van der Waals surface area contributed by atoms with Crippen molar-refractivity contribution in [3.05, 3.63) is 125 Å². The molecule has 0 saturated carbocycles. The molecule has 0 bridgehead atoms. The first-order chi connectivity index (χ1) is 19.8. The lowest BCUT2D eigenvalue weighted by Gasteiger charge is -2.24. The van der Waals surface area contributed by atoms with Gasteiger partial charge in [0.15, 0.2) is 0 Å². The Labute approximate surface area is 232 Å².